The summed E-state index contributed by atoms with van der Waals surface area (Å²) in [5, 5.41) is 6.17. The van der Waals surface area contributed by atoms with Crippen LogP contribution in [0.2, 0.25) is 0 Å². The molecule has 1 heterocycles. The molecule has 0 fully saturated rings. The number of aromatic nitrogens is 2. The van der Waals surface area contributed by atoms with E-state index < -0.39 is 6.03 Å². The van der Waals surface area contributed by atoms with Gasteiger partial charge in [0.1, 0.15) is 0 Å². The maximum Gasteiger partial charge on any atom is 0.343 e. The summed E-state index contributed by atoms with van der Waals surface area (Å²) in [6, 6.07) is 5.18. The Labute approximate surface area is 135 Å². The molecule has 0 atom stereocenters. The first-order valence-electron chi connectivity index (χ1n) is 8.18. The van der Waals surface area contributed by atoms with Gasteiger partial charge in [0, 0.05) is 13.7 Å². The second-order valence-corrected chi connectivity index (χ2v) is 5.67. The summed E-state index contributed by atoms with van der Waals surface area (Å²) < 4.78 is 6.09. The van der Waals surface area contributed by atoms with Crippen molar-refractivity contribution in [3.63, 3.8) is 0 Å². The second-order valence-electron chi connectivity index (χ2n) is 5.67. The van der Waals surface area contributed by atoms with Crippen LogP contribution in [0.3, 0.4) is 0 Å². The number of benzene rings is 1. The molecule has 0 aliphatic carbocycles. The van der Waals surface area contributed by atoms with Crippen molar-refractivity contribution in [1.29, 1.82) is 0 Å². The number of unbranched alkanes of at least 4 members (excludes halogenated alkanes) is 3. The van der Waals surface area contributed by atoms with E-state index in [0.29, 0.717) is 24.1 Å². The second kappa shape index (κ2) is 8.53. The topological polar surface area (TPSA) is 76.1 Å². The monoisotopic (exact) mass is 319 g/mol. The molecule has 0 saturated carbocycles. The number of fused-ring (bicyclic) bond motifs is 1. The van der Waals surface area contributed by atoms with Crippen LogP contribution in [-0.4, -0.2) is 36.1 Å². The Bertz CT molecular complexity index is 703. The van der Waals surface area contributed by atoms with E-state index in [1.807, 2.05) is 18.2 Å². The van der Waals surface area contributed by atoms with Crippen LogP contribution in [0.5, 0.6) is 0 Å². The van der Waals surface area contributed by atoms with Crippen molar-refractivity contribution in [1.82, 2.24) is 15.1 Å². The molecule has 1 aromatic carbocycles. The highest BCUT2D eigenvalue weighted by atomic mass is 16.5. The Hall–Kier alpha value is -2.08. The van der Waals surface area contributed by atoms with Gasteiger partial charge in [-0.1, -0.05) is 32.3 Å². The Morgan fingerprint density at radius 1 is 1.30 bits per heavy atom. The zero-order chi connectivity index (χ0) is 16.7. The fourth-order valence-corrected chi connectivity index (χ4v) is 2.50. The third kappa shape index (κ3) is 4.45. The van der Waals surface area contributed by atoms with E-state index in [1.165, 1.54) is 0 Å². The molecule has 0 unspecified atom stereocenters. The van der Waals surface area contributed by atoms with Crippen LogP contribution in [0.1, 0.15) is 38.2 Å². The van der Waals surface area contributed by atoms with Crippen LogP contribution in [-0.2, 0) is 11.2 Å². The predicted octanol–water partition coefficient (Wildman–Crippen LogP) is 2.66. The van der Waals surface area contributed by atoms with E-state index in [-0.39, 0.29) is 5.56 Å². The van der Waals surface area contributed by atoms with Gasteiger partial charge in [0.2, 0.25) is 0 Å². The van der Waals surface area contributed by atoms with Crippen LogP contribution in [0.15, 0.2) is 23.0 Å². The standard InChI is InChI=1S/C17H25N3O3/c1-3-4-5-6-10-18-17(22)20-16(21)14-12-13(9-11-23-2)7-8-15(14)19-20/h7-8,12,19H,3-6,9-11H2,1-2H3,(H,18,22). The summed E-state index contributed by atoms with van der Waals surface area (Å²) in [5.41, 5.74) is 1.37. The highest BCUT2D eigenvalue weighted by molar-refractivity contribution is 5.84. The number of H-pyrrole nitrogens is 1. The Morgan fingerprint density at radius 2 is 2.13 bits per heavy atom. The fourth-order valence-electron chi connectivity index (χ4n) is 2.50. The first-order valence-corrected chi connectivity index (χ1v) is 8.18. The van der Waals surface area contributed by atoms with E-state index in [2.05, 4.69) is 17.3 Å². The number of hydrogen-bond acceptors (Lipinski definition) is 3. The van der Waals surface area contributed by atoms with Gasteiger partial charge in [-0.2, -0.15) is 4.68 Å². The third-order valence-corrected chi connectivity index (χ3v) is 3.85. The number of rotatable bonds is 8. The zero-order valence-electron chi connectivity index (χ0n) is 13.9. The van der Waals surface area contributed by atoms with Crippen LogP contribution in [0.25, 0.3) is 10.9 Å². The predicted molar refractivity (Wildman–Crippen MR) is 91.1 cm³/mol. The van der Waals surface area contributed by atoms with Gasteiger partial charge in [-0.3, -0.25) is 9.89 Å². The van der Waals surface area contributed by atoms with Gasteiger partial charge in [-0.25, -0.2) is 4.79 Å². The summed E-state index contributed by atoms with van der Waals surface area (Å²) in [6.45, 7) is 3.33. The summed E-state index contributed by atoms with van der Waals surface area (Å²) in [7, 11) is 1.65. The van der Waals surface area contributed by atoms with Crippen molar-refractivity contribution in [2.45, 2.75) is 39.0 Å². The molecule has 0 aliphatic heterocycles. The smallest absolute Gasteiger partial charge is 0.343 e. The molecule has 0 aliphatic rings. The van der Waals surface area contributed by atoms with Gasteiger partial charge in [-0.15, -0.1) is 0 Å². The number of ether oxygens (including phenoxy) is 1. The zero-order valence-corrected chi connectivity index (χ0v) is 13.9. The molecule has 6 nitrogen and oxygen atoms in total. The van der Waals surface area contributed by atoms with Gasteiger partial charge < -0.3 is 10.1 Å². The van der Waals surface area contributed by atoms with Gasteiger partial charge in [0.15, 0.2) is 0 Å². The fraction of sp³-hybridized carbons (Fsp3) is 0.529. The summed E-state index contributed by atoms with van der Waals surface area (Å²) >= 11 is 0. The SMILES string of the molecule is CCCCCCNC(=O)n1[nH]c2ccc(CCOC)cc2c1=O. The van der Waals surface area contributed by atoms with Gasteiger partial charge in [0.05, 0.1) is 17.5 Å². The molecule has 2 N–H and O–H groups in total. The molecule has 6 heteroatoms. The number of nitrogens with zero attached hydrogens (tertiary/aromatic N) is 1. The van der Waals surface area contributed by atoms with Gasteiger partial charge >= 0.3 is 6.03 Å². The van der Waals surface area contributed by atoms with Crippen molar-refractivity contribution >= 4 is 16.9 Å². The molecule has 0 bridgehead atoms. The number of carbonyl (C=O) groups excluding carboxylic acids is 1. The number of methoxy groups -OCH3 is 1. The van der Waals surface area contributed by atoms with E-state index in [9.17, 15) is 9.59 Å². The molecule has 0 radical (unpaired) electrons. The number of amides is 1. The minimum absolute atomic E-state index is 0.315. The molecule has 2 aromatic rings. The molecular formula is C17H25N3O3. The largest absolute Gasteiger partial charge is 0.384 e. The van der Waals surface area contributed by atoms with Crippen LogP contribution >= 0.6 is 0 Å². The number of hydrogen-bond donors (Lipinski definition) is 2. The molecular weight excluding hydrogens is 294 g/mol. The lowest BCUT2D eigenvalue weighted by Crippen LogP contribution is -2.35. The van der Waals surface area contributed by atoms with Crippen molar-refractivity contribution < 1.29 is 9.53 Å². The molecule has 1 aromatic heterocycles. The Balaban J connectivity index is 2.07. The van der Waals surface area contributed by atoms with Crippen molar-refractivity contribution in [2.75, 3.05) is 20.3 Å². The quantitative estimate of drug-likeness (QED) is 0.734. The maximum absolute atomic E-state index is 12.4. The molecule has 23 heavy (non-hydrogen) atoms. The van der Waals surface area contributed by atoms with Crippen molar-refractivity contribution in [2.24, 2.45) is 0 Å². The minimum atomic E-state index is -0.402. The van der Waals surface area contributed by atoms with Crippen LogP contribution in [0.4, 0.5) is 4.79 Å². The first kappa shape index (κ1) is 17.3. The van der Waals surface area contributed by atoms with Gasteiger partial charge in [0.25, 0.3) is 5.56 Å². The lowest BCUT2D eigenvalue weighted by Gasteiger charge is -2.04. The normalized spacial score (nSPS) is 11.0. The van der Waals surface area contributed by atoms with E-state index >= 15 is 0 Å². The molecule has 2 rings (SSSR count). The third-order valence-electron chi connectivity index (χ3n) is 3.85. The highest BCUT2D eigenvalue weighted by Crippen LogP contribution is 2.11. The number of carbonyl (C=O) groups is 1. The molecule has 1 amide bonds. The van der Waals surface area contributed by atoms with E-state index in [1.54, 1.807) is 7.11 Å². The number of aromatic amines is 1. The summed E-state index contributed by atoms with van der Waals surface area (Å²) in [5.74, 6) is 0. The molecule has 0 spiro atoms. The summed E-state index contributed by atoms with van der Waals surface area (Å²) in [4.78, 5) is 24.5. The lowest BCUT2D eigenvalue weighted by molar-refractivity contribution is 0.202. The molecule has 0 saturated heterocycles. The average molecular weight is 319 g/mol. The molecule has 126 valence electrons. The van der Waals surface area contributed by atoms with Crippen molar-refractivity contribution in [3.05, 3.63) is 34.1 Å². The number of nitrogens with one attached hydrogen (secondary N) is 2. The lowest BCUT2D eigenvalue weighted by atomic mass is 10.1. The average Bonchev–Trinajstić information content (AvgIpc) is 2.89. The Kier molecular flexibility index (Phi) is 6.40. The van der Waals surface area contributed by atoms with Crippen molar-refractivity contribution in [3.8, 4) is 0 Å². The van der Waals surface area contributed by atoms with Crippen LogP contribution < -0.4 is 10.9 Å². The van der Waals surface area contributed by atoms with Crippen LogP contribution in [0, 0.1) is 0 Å². The summed E-state index contributed by atoms with van der Waals surface area (Å²) in [6.07, 6.45) is 5.06. The van der Waals surface area contributed by atoms with E-state index in [4.69, 9.17) is 4.74 Å². The maximum atomic E-state index is 12.4. The minimum Gasteiger partial charge on any atom is -0.384 e. The first-order chi connectivity index (χ1) is 11.2. The Morgan fingerprint density at radius 3 is 2.87 bits per heavy atom. The van der Waals surface area contributed by atoms with E-state index in [0.717, 1.165) is 42.3 Å². The van der Waals surface area contributed by atoms with Gasteiger partial charge in [-0.05, 0) is 30.5 Å². The highest BCUT2D eigenvalue weighted by Gasteiger charge is 2.12.